The average molecular weight is 505 g/mol. The topological polar surface area (TPSA) is 74.9 Å². The second-order valence-electron chi connectivity index (χ2n) is 10.3. The maximum atomic E-state index is 13.4. The molecule has 1 N–H and O–H groups in total. The summed E-state index contributed by atoms with van der Waals surface area (Å²) in [4.78, 5) is 35.0. The van der Waals surface area contributed by atoms with Gasteiger partial charge in [0.05, 0.1) is 23.0 Å². The standard InChI is InChI=1S/C30H28N6O2/c1-2-20-14-21-18-35(30(38)33-9-5-3-6-10-33)13-12-34-19-24(22(15-20)28(21)34)23-16-32-29(37)27(23)25-17-31-26-8-4-7-11-36(25)26/h1,4,7-8,11,14-15,17,19H,3,5-6,9-10,12-13,16,18H2,(H,32,37). The van der Waals surface area contributed by atoms with E-state index in [1.807, 2.05) is 50.7 Å². The SMILES string of the molecule is C#Cc1cc2c3c(c1)c(C1=C(c4cnc5ccccn45)C(=O)NC1)cn3CCN(C(=O)N1CCCCC1)C2. The number of fused-ring (bicyclic) bond motifs is 1. The van der Waals surface area contributed by atoms with Gasteiger partial charge in [0.2, 0.25) is 0 Å². The summed E-state index contributed by atoms with van der Waals surface area (Å²) in [5, 5.41) is 4.04. The summed E-state index contributed by atoms with van der Waals surface area (Å²) in [6, 6.07) is 9.97. The summed E-state index contributed by atoms with van der Waals surface area (Å²) >= 11 is 0. The molecule has 0 saturated carbocycles. The minimum Gasteiger partial charge on any atom is -0.348 e. The molecule has 8 nitrogen and oxygen atoms in total. The molecule has 8 heteroatoms. The molecule has 4 aromatic rings. The van der Waals surface area contributed by atoms with Gasteiger partial charge in [0, 0.05) is 68.2 Å². The van der Waals surface area contributed by atoms with Crippen LogP contribution in [0.3, 0.4) is 0 Å². The van der Waals surface area contributed by atoms with Crippen molar-refractivity contribution in [2.24, 2.45) is 0 Å². The van der Waals surface area contributed by atoms with Crippen LogP contribution >= 0.6 is 0 Å². The van der Waals surface area contributed by atoms with Crippen molar-refractivity contribution in [2.45, 2.75) is 32.4 Å². The number of terminal acetylenes is 1. The molecule has 38 heavy (non-hydrogen) atoms. The van der Waals surface area contributed by atoms with Crippen molar-refractivity contribution < 1.29 is 9.59 Å². The van der Waals surface area contributed by atoms with Crippen LogP contribution in [0.4, 0.5) is 4.79 Å². The van der Waals surface area contributed by atoms with Gasteiger partial charge in [-0.15, -0.1) is 6.42 Å². The van der Waals surface area contributed by atoms with Gasteiger partial charge < -0.3 is 19.7 Å². The van der Waals surface area contributed by atoms with Gasteiger partial charge in [-0.3, -0.25) is 9.20 Å². The predicted octanol–water partition coefficient (Wildman–Crippen LogP) is 3.73. The smallest absolute Gasteiger partial charge is 0.320 e. The number of amides is 3. The Hall–Kier alpha value is -4.51. The summed E-state index contributed by atoms with van der Waals surface area (Å²) in [6.07, 6.45) is 15.0. The summed E-state index contributed by atoms with van der Waals surface area (Å²) in [6.45, 7) is 3.90. The monoisotopic (exact) mass is 504 g/mol. The lowest BCUT2D eigenvalue weighted by Gasteiger charge is -2.32. The van der Waals surface area contributed by atoms with Gasteiger partial charge in [-0.1, -0.05) is 12.0 Å². The highest BCUT2D eigenvalue weighted by Gasteiger charge is 2.31. The molecule has 190 valence electrons. The number of benzene rings is 1. The molecule has 7 rings (SSSR count). The Kier molecular flexibility index (Phi) is 5.25. The molecule has 3 aromatic heterocycles. The van der Waals surface area contributed by atoms with Gasteiger partial charge >= 0.3 is 6.03 Å². The lowest BCUT2D eigenvalue weighted by atomic mass is 9.97. The number of hydrogen-bond donors (Lipinski definition) is 1. The fraction of sp³-hybridized carbons (Fsp3) is 0.300. The van der Waals surface area contributed by atoms with E-state index < -0.39 is 0 Å². The van der Waals surface area contributed by atoms with Crippen molar-refractivity contribution in [3.63, 3.8) is 0 Å². The van der Waals surface area contributed by atoms with E-state index in [9.17, 15) is 9.59 Å². The molecule has 3 aliphatic rings. The fourth-order valence-corrected chi connectivity index (χ4v) is 6.21. The van der Waals surface area contributed by atoms with E-state index >= 15 is 0 Å². The average Bonchev–Trinajstić information content (AvgIpc) is 3.61. The molecule has 0 aliphatic carbocycles. The molecule has 1 aromatic carbocycles. The first kappa shape index (κ1) is 22.7. The minimum absolute atomic E-state index is 0.106. The highest BCUT2D eigenvalue weighted by atomic mass is 16.2. The Morgan fingerprint density at radius 3 is 2.76 bits per heavy atom. The molecule has 6 heterocycles. The fourth-order valence-electron chi connectivity index (χ4n) is 6.21. The zero-order valence-electron chi connectivity index (χ0n) is 21.1. The molecule has 1 saturated heterocycles. The van der Waals surface area contributed by atoms with Crippen LogP contribution in [0.5, 0.6) is 0 Å². The molecule has 3 aliphatic heterocycles. The Balaban J connectivity index is 1.36. The van der Waals surface area contributed by atoms with E-state index in [1.165, 1.54) is 6.42 Å². The summed E-state index contributed by atoms with van der Waals surface area (Å²) in [5.41, 5.74) is 7.02. The molecule has 0 atom stereocenters. The van der Waals surface area contributed by atoms with Crippen LogP contribution in [-0.4, -0.2) is 61.9 Å². The first-order chi connectivity index (χ1) is 18.6. The van der Waals surface area contributed by atoms with Crippen LogP contribution in [0.15, 0.2) is 48.9 Å². The quantitative estimate of drug-likeness (QED) is 0.423. The van der Waals surface area contributed by atoms with E-state index in [1.54, 1.807) is 6.20 Å². The van der Waals surface area contributed by atoms with Crippen LogP contribution in [0.25, 0.3) is 27.7 Å². The highest BCUT2D eigenvalue weighted by molar-refractivity contribution is 6.31. The third-order valence-corrected chi connectivity index (χ3v) is 8.04. The van der Waals surface area contributed by atoms with Crippen molar-refractivity contribution >= 4 is 39.6 Å². The van der Waals surface area contributed by atoms with Crippen LogP contribution in [-0.2, 0) is 17.9 Å². The number of pyridine rings is 1. The van der Waals surface area contributed by atoms with Crippen LogP contribution in [0, 0.1) is 12.3 Å². The van der Waals surface area contributed by atoms with Gasteiger partial charge in [0.15, 0.2) is 0 Å². The lowest BCUT2D eigenvalue weighted by molar-refractivity contribution is -0.114. The zero-order valence-corrected chi connectivity index (χ0v) is 21.1. The highest BCUT2D eigenvalue weighted by Crippen LogP contribution is 2.38. The van der Waals surface area contributed by atoms with Gasteiger partial charge in [0.1, 0.15) is 5.65 Å². The van der Waals surface area contributed by atoms with Crippen LogP contribution in [0.1, 0.15) is 41.6 Å². The van der Waals surface area contributed by atoms with Crippen LogP contribution < -0.4 is 5.32 Å². The number of nitrogens with zero attached hydrogens (tertiary/aromatic N) is 5. The Morgan fingerprint density at radius 1 is 1.05 bits per heavy atom. The maximum absolute atomic E-state index is 13.4. The Morgan fingerprint density at radius 2 is 1.92 bits per heavy atom. The largest absolute Gasteiger partial charge is 0.348 e. The molecule has 0 radical (unpaired) electrons. The molecular formula is C30H28N6O2. The number of carbonyl (C=O) groups excluding carboxylic acids is 2. The number of urea groups is 1. The van der Waals surface area contributed by atoms with Gasteiger partial charge in [0.25, 0.3) is 5.91 Å². The van der Waals surface area contributed by atoms with Gasteiger partial charge in [-0.2, -0.15) is 0 Å². The van der Waals surface area contributed by atoms with Crippen molar-refractivity contribution in [1.29, 1.82) is 0 Å². The second kappa shape index (κ2) is 8.80. The minimum atomic E-state index is -0.106. The van der Waals surface area contributed by atoms with E-state index in [-0.39, 0.29) is 11.9 Å². The number of aromatic nitrogens is 3. The van der Waals surface area contributed by atoms with Gasteiger partial charge in [-0.05, 0) is 54.7 Å². The number of likely N-dealkylation sites (tertiary alicyclic amines) is 1. The Bertz CT molecular complexity index is 1690. The summed E-state index contributed by atoms with van der Waals surface area (Å²) in [5.74, 6) is 2.70. The normalized spacial score (nSPS) is 17.7. The molecule has 0 bridgehead atoms. The van der Waals surface area contributed by atoms with Crippen LogP contribution in [0.2, 0.25) is 0 Å². The molecule has 3 amide bonds. The zero-order chi connectivity index (χ0) is 25.8. The lowest BCUT2D eigenvalue weighted by Crippen LogP contribution is -2.45. The molecule has 0 unspecified atom stereocenters. The number of hydrogen-bond acceptors (Lipinski definition) is 3. The second-order valence-corrected chi connectivity index (χ2v) is 10.3. The number of imidazole rings is 1. The molecular weight excluding hydrogens is 476 g/mol. The number of nitrogens with one attached hydrogen (secondary N) is 1. The maximum Gasteiger partial charge on any atom is 0.320 e. The predicted molar refractivity (Wildman–Crippen MR) is 146 cm³/mol. The van der Waals surface area contributed by atoms with Crippen molar-refractivity contribution in [1.82, 2.24) is 29.1 Å². The van der Waals surface area contributed by atoms with Gasteiger partial charge in [-0.25, -0.2) is 9.78 Å². The molecule has 0 spiro atoms. The van der Waals surface area contributed by atoms with E-state index in [2.05, 4.69) is 27.0 Å². The first-order valence-electron chi connectivity index (χ1n) is 13.2. The summed E-state index contributed by atoms with van der Waals surface area (Å²) in [7, 11) is 0. The van der Waals surface area contributed by atoms with Crippen molar-refractivity contribution in [3.8, 4) is 12.3 Å². The number of rotatable bonds is 2. The first-order valence-corrected chi connectivity index (χ1v) is 13.2. The number of carbonyl (C=O) groups is 2. The third kappa shape index (κ3) is 3.50. The third-order valence-electron chi connectivity index (χ3n) is 8.04. The summed E-state index contributed by atoms with van der Waals surface area (Å²) < 4.78 is 4.18. The van der Waals surface area contributed by atoms with E-state index in [4.69, 9.17) is 6.42 Å². The number of piperidine rings is 1. The van der Waals surface area contributed by atoms with E-state index in [0.29, 0.717) is 31.8 Å². The molecule has 1 fully saturated rings. The Labute approximate surface area is 220 Å². The van der Waals surface area contributed by atoms with E-state index in [0.717, 1.165) is 70.4 Å². The van der Waals surface area contributed by atoms with Crippen molar-refractivity contribution in [2.75, 3.05) is 26.2 Å². The van der Waals surface area contributed by atoms with Crippen molar-refractivity contribution in [3.05, 3.63) is 71.3 Å².